The van der Waals surface area contributed by atoms with E-state index < -0.39 is 0 Å². The minimum Gasteiger partial charge on any atom is -0.505 e. The Kier molecular flexibility index (Phi) is 3.23. The summed E-state index contributed by atoms with van der Waals surface area (Å²) in [4.78, 5) is 10.3. The first-order chi connectivity index (χ1) is 6.33. The van der Waals surface area contributed by atoms with Gasteiger partial charge in [-0.25, -0.2) is 0 Å². The topological polar surface area (TPSA) is 49.7 Å². The molecular weight excluding hydrogens is 230 g/mol. The van der Waals surface area contributed by atoms with Crippen molar-refractivity contribution in [3.8, 4) is 5.75 Å². The fraction of sp³-hybridized carbons (Fsp3) is 0. The fourth-order valence-corrected chi connectivity index (χ4v) is 1.32. The van der Waals surface area contributed by atoms with Gasteiger partial charge in [0.15, 0.2) is 5.75 Å². The maximum atomic E-state index is 10.3. The van der Waals surface area contributed by atoms with Gasteiger partial charge in [0.2, 0.25) is 0 Å². The van der Waals surface area contributed by atoms with E-state index in [4.69, 9.17) is 0 Å². The maximum absolute atomic E-state index is 10.3. The third kappa shape index (κ3) is 1.62. The molecule has 1 radical (unpaired) electrons. The number of hydrogen-bond donors (Lipinski definition) is 1. The van der Waals surface area contributed by atoms with Gasteiger partial charge in [0.1, 0.15) is 5.69 Å². The van der Waals surface area contributed by atoms with Crippen LogP contribution in [-0.4, -0.2) is 5.11 Å². The van der Waals surface area contributed by atoms with Crippen LogP contribution in [0.2, 0.25) is 0 Å². The molecule has 0 aliphatic rings. The third-order valence-electron chi connectivity index (χ3n) is 1.98. The summed E-state index contributed by atoms with van der Waals surface area (Å²) >= 11 is 0. The summed E-state index contributed by atoms with van der Waals surface area (Å²) < 4.78 is 0. The Labute approximate surface area is 91.2 Å². The van der Waals surface area contributed by atoms with Gasteiger partial charge in [-0.15, -0.1) is 4.91 Å². The molecule has 4 heteroatoms. The minimum absolute atomic E-state index is 0. The van der Waals surface area contributed by atoms with Gasteiger partial charge >= 0.3 is 0 Å². The molecule has 0 saturated heterocycles. The minimum atomic E-state index is -0.0481. The Balaban J connectivity index is 0.000000980. The van der Waals surface area contributed by atoms with Gasteiger partial charge in [-0.3, -0.25) is 0 Å². The molecule has 0 saturated carbocycles. The first-order valence-corrected chi connectivity index (χ1v) is 3.87. The van der Waals surface area contributed by atoms with Crippen molar-refractivity contribution in [1.29, 1.82) is 0 Å². The van der Waals surface area contributed by atoms with E-state index in [1.165, 1.54) is 6.07 Å². The summed E-state index contributed by atoms with van der Waals surface area (Å²) in [5.74, 6) is -0.0481. The molecular formula is C10H7CuNO2. The van der Waals surface area contributed by atoms with Crippen LogP contribution in [-0.2, 0) is 17.1 Å². The standard InChI is InChI=1S/C10H7NO2.Cu/c12-10-8-4-2-1-3-7(8)5-6-9(10)11-13;/h1-6,12H;. The van der Waals surface area contributed by atoms with Gasteiger partial charge < -0.3 is 5.11 Å². The zero-order valence-electron chi connectivity index (χ0n) is 7.07. The van der Waals surface area contributed by atoms with Crippen LogP contribution in [0.1, 0.15) is 0 Å². The predicted octanol–water partition coefficient (Wildman–Crippen LogP) is 2.94. The van der Waals surface area contributed by atoms with E-state index in [1.54, 1.807) is 18.2 Å². The van der Waals surface area contributed by atoms with Gasteiger partial charge in [0.05, 0.1) is 0 Å². The zero-order chi connectivity index (χ0) is 9.26. The second kappa shape index (κ2) is 4.22. The smallest absolute Gasteiger partial charge is 0.152 e. The molecule has 1 N–H and O–H groups in total. The summed E-state index contributed by atoms with van der Waals surface area (Å²) in [5, 5.41) is 13.8. The van der Waals surface area contributed by atoms with E-state index in [-0.39, 0.29) is 28.5 Å². The van der Waals surface area contributed by atoms with Crippen molar-refractivity contribution in [2.75, 3.05) is 0 Å². The van der Waals surface area contributed by atoms with Crippen molar-refractivity contribution in [3.63, 3.8) is 0 Å². The molecule has 0 atom stereocenters. The second-order valence-electron chi connectivity index (χ2n) is 2.75. The monoisotopic (exact) mass is 236 g/mol. The number of phenols is 1. The Bertz CT molecular complexity index is 471. The Morgan fingerprint density at radius 1 is 1.07 bits per heavy atom. The van der Waals surface area contributed by atoms with Gasteiger partial charge in [-0.05, 0) is 16.6 Å². The zero-order valence-corrected chi connectivity index (χ0v) is 8.01. The van der Waals surface area contributed by atoms with Gasteiger partial charge in [-0.1, -0.05) is 30.3 Å². The molecule has 2 aromatic rings. The molecule has 14 heavy (non-hydrogen) atoms. The van der Waals surface area contributed by atoms with Crippen LogP contribution in [0.15, 0.2) is 41.6 Å². The van der Waals surface area contributed by atoms with Crippen molar-refractivity contribution in [2.24, 2.45) is 5.18 Å². The average molecular weight is 237 g/mol. The van der Waals surface area contributed by atoms with Gasteiger partial charge in [-0.2, -0.15) is 0 Å². The Morgan fingerprint density at radius 3 is 2.50 bits per heavy atom. The van der Waals surface area contributed by atoms with E-state index in [1.807, 2.05) is 12.1 Å². The number of nitrogens with zero attached hydrogens (tertiary/aromatic N) is 1. The molecule has 0 amide bonds. The molecule has 0 aliphatic carbocycles. The van der Waals surface area contributed by atoms with Crippen LogP contribution < -0.4 is 0 Å². The van der Waals surface area contributed by atoms with E-state index in [9.17, 15) is 10.0 Å². The quantitative estimate of drug-likeness (QED) is 0.611. The number of aromatic hydroxyl groups is 1. The molecule has 0 aromatic heterocycles. The van der Waals surface area contributed by atoms with E-state index in [0.717, 1.165) is 5.39 Å². The van der Waals surface area contributed by atoms with Crippen LogP contribution in [0.3, 0.4) is 0 Å². The summed E-state index contributed by atoms with van der Waals surface area (Å²) in [5.41, 5.74) is 0.0821. The van der Waals surface area contributed by atoms with Gasteiger partial charge in [0, 0.05) is 22.5 Å². The molecule has 2 rings (SSSR count). The summed E-state index contributed by atoms with van der Waals surface area (Å²) in [6, 6.07) is 10.5. The molecule has 0 heterocycles. The number of phenolic OH excluding ortho intramolecular Hbond substituents is 1. The molecule has 0 spiro atoms. The predicted molar refractivity (Wildman–Crippen MR) is 51.1 cm³/mol. The second-order valence-corrected chi connectivity index (χ2v) is 2.75. The fourth-order valence-electron chi connectivity index (χ4n) is 1.32. The summed E-state index contributed by atoms with van der Waals surface area (Å²) in [7, 11) is 0. The first-order valence-electron chi connectivity index (χ1n) is 3.87. The molecule has 0 bridgehead atoms. The van der Waals surface area contributed by atoms with Crippen LogP contribution in [0.25, 0.3) is 10.8 Å². The molecule has 0 fully saturated rings. The number of fused-ring (bicyclic) bond motifs is 1. The first kappa shape index (κ1) is 10.7. The van der Waals surface area contributed by atoms with Crippen LogP contribution in [0.5, 0.6) is 5.75 Å². The van der Waals surface area contributed by atoms with Crippen molar-refractivity contribution in [1.82, 2.24) is 0 Å². The normalized spacial score (nSPS) is 9.43. The molecule has 75 valence electrons. The molecule has 2 aromatic carbocycles. The number of nitroso groups, excluding NO2 is 1. The largest absolute Gasteiger partial charge is 0.505 e. The number of hydrogen-bond acceptors (Lipinski definition) is 3. The van der Waals surface area contributed by atoms with Crippen molar-refractivity contribution in [3.05, 3.63) is 41.3 Å². The molecule has 3 nitrogen and oxygen atoms in total. The number of rotatable bonds is 1. The van der Waals surface area contributed by atoms with E-state index in [2.05, 4.69) is 5.18 Å². The van der Waals surface area contributed by atoms with Crippen LogP contribution in [0.4, 0.5) is 5.69 Å². The SMILES string of the molecule is O=Nc1ccc2ccccc2c1O.[Cu]. The third-order valence-corrected chi connectivity index (χ3v) is 1.98. The van der Waals surface area contributed by atoms with Gasteiger partial charge in [0.25, 0.3) is 0 Å². The summed E-state index contributed by atoms with van der Waals surface area (Å²) in [6.45, 7) is 0. The van der Waals surface area contributed by atoms with Crippen LogP contribution >= 0.6 is 0 Å². The Morgan fingerprint density at radius 2 is 1.79 bits per heavy atom. The molecule has 0 unspecified atom stereocenters. The maximum Gasteiger partial charge on any atom is 0.152 e. The van der Waals surface area contributed by atoms with Crippen molar-refractivity contribution >= 4 is 16.5 Å². The Hall–Kier alpha value is -1.38. The van der Waals surface area contributed by atoms with E-state index >= 15 is 0 Å². The summed E-state index contributed by atoms with van der Waals surface area (Å²) in [6.07, 6.45) is 0. The molecule has 0 aliphatic heterocycles. The number of benzene rings is 2. The van der Waals surface area contributed by atoms with Crippen molar-refractivity contribution < 1.29 is 22.2 Å². The average Bonchev–Trinajstić information content (AvgIpc) is 2.19. The van der Waals surface area contributed by atoms with Crippen molar-refractivity contribution in [2.45, 2.75) is 0 Å². The van der Waals surface area contributed by atoms with Crippen LogP contribution in [0, 0.1) is 4.91 Å². The van der Waals surface area contributed by atoms with E-state index in [0.29, 0.717) is 5.39 Å².